The summed E-state index contributed by atoms with van der Waals surface area (Å²) in [5, 5.41) is 3.79. The summed E-state index contributed by atoms with van der Waals surface area (Å²) in [4.78, 5) is 23.2. The summed E-state index contributed by atoms with van der Waals surface area (Å²) in [7, 11) is 1.78. The van der Waals surface area contributed by atoms with Crippen LogP contribution in [-0.2, 0) is 0 Å². The smallest absolute Gasteiger partial charge is 0.256 e. The van der Waals surface area contributed by atoms with Gasteiger partial charge in [0.1, 0.15) is 17.2 Å². The zero-order chi connectivity index (χ0) is 18.3. The molecule has 0 saturated carbocycles. The predicted molar refractivity (Wildman–Crippen MR) is 98.1 cm³/mol. The average Bonchev–Trinajstić information content (AvgIpc) is 2.60. The number of carbonyl (C=O) groups excluding carboxylic acids is 1. The molecule has 132 valence electrons. The molecule has 0 radical (unpaired) electrons. The Morgan fingerprint density at radius 2 is 2.12 bits per heavy atom. The van der Waals surface area contributed by atoms with Crippen molar-refractivity contribution in [3.8, 4) is 11.3 Å². The van der Waals surface area contributed by atoms with E-state index in [4.69, 9.17) is 5.73 Å². The Morgan fingerprint density at radius 1 is 1.31 bits per heavy atom. The molecule has 3 heterocycles. The summed E-state index contributed by atoms with van der Waals surface area (Å²) in [5.74, 6) is -0.216. The second-order valence-electron chi connectivity index (χ2n) is 6.39. The Balaban J connectivity index is 1.79. The van der Waals surface area contributed by atoms with E-state index in [9.17, 15) is 9.18 Å². The van der Waals surface area contributed by atoms with Crippen LogP contribution < -0.4 is 11.1 Å². The molecule has 0 atom stereocenters. The Morgan fingerprint density at radius 3 is 2.81 bits per heavy atom. The summed E-state index contributed by atoms with van der Waals surface area (Å²) in [6.07, 6.45) is 1.49. The first-order chi connectivity index (χ1) is 12.5. The minimum absolute atomic E-state index is 0.116. The van der Waals surface area contributed by atoms with Gasteiger partial charge in [-0.1, -0.05) is 12.1 Å². The number of amides is 1. The number of anilines is 1. The van der Waals surface area contributed by atoms with Crippen LogP contribution in [0.3, 0.4) is 0 Å². The lowest BCUT2D eigenvalue weighted by Crippen LogP contribution is -2.57. The minimum atomic E-state index is -0.338. The lowest BCUT2D eigenvalue weighted by molar-refractivity contribution is 0.0683. The molecule has 0 aliphatic carbocycles. The Kier molecular flexibility index (Phi) is 4.00. The van der Waals surface area contributed by atoms with Crippen LogP contribution in [-0.4, -0.2) is 47.0 Å². The van der Waals surface area contributed by atoms with Gasteiger partial charge in [0.05, 0.1) is 17.3 Å². The van der Waals surface area contributed by atoms with Crippen molar-refractivity contribution in [2.45, 2.75) is 6.04 Å². The molecule has 3 N–H and O–H groups in total. The van der Waals surface area contributed by atoms with Crippen molar-refractivity contribution >= 4 is 22.6 Å². The maximum Gasteiger partial charge on any atom is 0.256 e. The number of rotatable bonds is 3. The molecule has 2 aromatic heterocycles. The van der Waals surface area contributed by atoms with E-state index in [0.717, 1.165) is 13.1 Å². The Hall–Kier alpha value is -3.06. The number of nitrogens with one attached hydrogen (secondary N) is 1. The standard InChI is InChI=1S/C19H18FN5O/c1-25(13-8-22-9-13)19(26)15-10-23-18(21)17-14(15)5-6-16(24-17)11-3-2-4-12(20)7-11/h2-7,10,13,22H,8-9H2,1H3,(H2,21,23). The van der Waals surface area contributed by atoms with Crippen LogP contribution in [0.25, 0.3) is 22.2 Å². The molecule has 1 amide bonds. The van der Waals surface area contributed by atoms with Gasteiger partial charge in [-0.25, -0.2) is 14.4 Å². The van der Waals surface area contributed by atoms with Crippen LogP contribution in [0.15, 0.2) is 42.6 Å². The highest BCUT2D eigenvalue weighted by atomic mass is 19.1. The zero-order valence-electron chi connectivity index (χ0n) is 14.2. The highest BCUT2D eigenvalue weighted by Crippen LogP contribution is 2.27. The molecule has 7 heteroatoms. The number of halogens is 1. The van der Waals surface area contributed by atoms with Gasteiger partial charge in [0.15, 0.2) is 0 Å². The molecule has 0 unspecified atom stereocenters. The van der Waals surface area contributed by atoms with Crippen molar-refractivity contribution in [2.24, 2.45) is 0 Å². The van der Waals surface area contributed by atoms with Crippen LogP contribution in [0.2, 0.25) is 0 Å². The number of nitrogens with zero attached hydrogens (tertiary/aromatic N) is 3. The predicted octanol–water partition coefficient (Wildman–Crippen LogP) is 2.06. The number of benzene rings is 1. The number of aromatic nitrogens is 2. The summed E-state index contributed by atoms with van der Waals surface area (Å²) in [5.41, 5.74) is 8.11. The van der Waals surface area contributed by atoms with Crippen LogP contribution in [0, 0.1) is 5.82 Å². The minimum Gasteiger partial charge on any atom is -0.382 e. The van der Waals surface area contributed by atoms with E-state index in [-0.39, 0.29) is 23.6 Å². The highest BCUT2D eigenvalue weighted by Gasteiger charge is 2.27. The fraction of sp³-hybridized carbons (Fsp3) is 0.211. The molecule has 26 heavy (non-hydrogen) atoms. The molecule has 6 nitrogen and oxygen atoms in total. The van der Waals surface area contributed by atoms with E-state index in [1.54, 1.807) is 36.2 Å². The average molecular weight is 351 g/mol. The van der Waals surface area contributed by atoms with Crippen molar-refractivity contribution in [3.05, 3.63) is 54.0 Å². The van der Waals surface area contributed by atoms with Gasteiger partial charge in [0.25, 0.3) is 5.91 Å². The van der Waals surface area contributed by atoms with Crippen LogP contribution in [0.5, 0.6) is 0 Å². The molecular formula is C19H18FN5O. The number of likely N-dealkylation sites (N-methyl/N-ethyl adjacent to an activating group) is 1. The van der Waals surface area contributed by atoms with Crippen molar-refractivity contribution in [1.82, 2.24) is 20.2 Å². The number of fused-ring (bicyclic) bond motifs is 1. The monoisotopic (exact) mass is 351 g/mol. The number of carbonyl (C=O) groups is 1. The molecule has 1 aromatic carbocycles. The first-order valence-electron chi connectivity index (χ1n) is 8.33. The van der Waals surface area contributed by atoms with Gasteiger partial charge in [0.2, 0.25) is 0 Å². The number of hydrogen-bond donors (Lipinski definition) is 2. The number of pyridine rings is 2. The molecule has 4 rings (SSSR count). The molecule has 3 aromatic rings. The van der Waals surface area contributed by atoms with Gasteiger partial charge in [0, 0.05) is 37.3 Å². The van der Waals surface area contributed by atoms with Crippen molar-refractivity contribution < 1.29 is 9.18 Å². The first kappa shape index (κ1) is 16.4. The van der Waals surface area contributed by atoms with Gasteiger partial charge in [-0.3, -0.25) is 4.79 Å². The topological polar surface area (TPSA) is 84.1 Å². The van der Waals surface area contributed by atoms with E-state index >= 15 is 0 Å². The zero-order valence-corrected chi connectivity index (χ0v) is 14.2. The first-order valence-corrected chi connectivity index (χ1v) is 8.33. The maximum atomic E-state index is 13.5. The molecule has 1 aliphatic heterocycles. The third kappa shape index (κ3) is 2.76. The van der Waals surface area contributed by atoms with E-state index in [0.29, 0.717) is 27.7 Å². The fourth-order valence-corrected chi connectivity index (χ4v) is 3.02. The van der Waals surface area contributed by atoms with Gasteiger partial charge >= 0.3 is 0 Å². The lowest BCUT2D eigenvalue weighted by atomic mass is 10.0. The molecule has 1 saturated heterocycles. The van der Waals surface area contributed by atoms with E-state index in [1.807, 2.05) is 0 Å². The van der Waals surface area contributed by atoms with Gasteiger partial charge in [-0.2, -0.15) is 0 Å². The fourth-order valence-electron chi connectivity index (χ4n) is 3.02. The molecular weight excluding hydrogens is 333 g/mol. The number of nitrogen functional groups attached to an aromatic ring is 1. The van der Waals surface area contributed by atoms with Crippen molar-refractivity contribution in [1.29, 1.82) is 0 Å². The van der Waals surface area contributed by atoms with Crippen molar-refractivity contribution in [2.75, 3.05) is 25.9 Å². The van der Waals surface area contributed by atoms with Gasteiger partial charge < -0.3 is 16.0 Å². The summed E-state index contributed by atoms with van der Waals surface area (Å²) < 4.78 is 13.5. The van der Waals surface area contributed by atoms with E-state index in [1.165, 1.54) is 18.3 Å². The SMILES string of the molecule is CN(C(=O)c1cnc(N)c2nc(-c3cccc(F)c3)ccc12)C1CNC1. The lowest BCUT2D eigenvalue weighted by Gasteiger charge is -2.35. The van der Waals surface area contributed by atoms with Crippen LogP contribution >= 0.6 is 0 Å². The molecule has 1 fully saturated rings. The van der Waals surface area contributed by atoms with Gasteiger partial charge in [-0.15, -0.1) is 0 Å². The quantitative estimate of drug-likeness (QED) is 0.755. The Bertz CT molecular complexity index is 1000. The van der Waals surface area contributed by atoms with E-state index < -0.39 is 0 Å². The summed E-state index contributed by atoms with van der Waals surface area (Å²) in [6.45, 7) is 1.56. The third-order valence-electron chi connectivity index (χ3n) is 4.74. The Labute approximate surface area is 149 Å². The summed E-state index contributed by atoms with van der Waals surface area (Å²) in [6, 6.07) is 9.91. The number of hydrogen-bond acceptors (Lipinski definition) is 5. The van der Waals surface area contributed by atoms with Crippen LogP contribution in [0.4, 0.5) is 10.2 Å². The van der Waals surface area contributed by atoms with Gasteiger partial charge in [-0.05, 0) is 24.3 Å². The largest absolute Gasteiger partial charge is 0.382 e. The molecule has 1 aliphatic rings. The number of nitrogens with two attached hydrogens (primary N) is 1. The van der Waals surface area contributed by atoms with E-state index in [2.05, 4.69) is 15.3 Å². The van der Waals surface area contributed by atoms with Crippen molar-refractivity contribution in [3.63, 3.8) is 0 Å². The van der Waals surface area contributed by atoms with Crippen LogP contribution in [0.1, 0.15) is 10.4 Å². The summed E-state index contributed by atoms with van der Waals surface area (Å²) >= 11 is 0. The molecule has 0 bridgehead atoms. The second kappa shape index (κ2) is 6.34. The highest BCUT2D eigenvalue weighted by molar-refractivity contribution is 6.08. The second-order valence-corrected chi connectivity index (χ2v) is 6.39. The molecule has 0 spiro atoms. The normalized spacial score (nSPS) is 14.2. The maximum absolute atomic E-state index is 13.5. The third-order valence-corrected chi connectivity index (χ3v) is 4.74.